The van der Waals surface area contributed by atoms with Crippen LogP contribution in [0.1, 0.15) is 61.9 Å². The summed E-state index contributed by atoms with van der Waals surface area (Å²) in [5.74, 6) is 1.02. The van der Waals surface area contributed by atoms with Crippen LogP contribution < -0.4 is 15.8 Å². The van der Waals surface area contributed by atoms with Crippen molar-refractivity contribution < 1.29 is 13.9 Å². The van der Waals surface area contributed by atoms with Gasteiger partial charge in [-0.1, -0.05) is 29.8 Å². The number of rotatable bonds is 11. The molecule has 4 N–H and O–H groups in total. The minimum atomic E-state index is -0.325. The number of likely N-dealkylation sites (N-methyl/N-ethyl adjacent to an activating group) is 1. The Labute approximate surface area is 288 Å². The molecule has 4 aromatic rings. The number of hydrogen-bond acceptors (Lipinski definition) is 6. The lowest BCUT2D eigenvalue weighted by Crippen LogP contribution is -2.32. The molecular weight excluding hydrogens is 613 g/mol. The molecule has 49 heavy (non-hydrogen) atoms. The average molecular weight is 660 g/mol. The summed E-state index contributed by atoms with van der Waals surface area (Å²) in [6.45, 7) is 7.32. The molecule has 2 aliphatic heterocycles. The van der Waals surface area contributed by atoms with Gasteiger partial charge in [-0.05, 0) is 131 Å². The second-order valence-corrected chi connectivity index (χ2v) is 14.0. The summed E-state index contributed by atoms with van der Waals surface area (Å²) >= 11 is 0. The summed E-state index contributed by atoms with van der Waals surface area (Å²) in [7, 11) is 3.98. The van der Waals surface area contributed by atoms with Crippen LogP contribution in [0, 0.1) is 5.82 Å². The molecular formula is C41H46FN5O2. The number of ether oxygens (including phenoxy) is 2. The van der Waals surface area contributed by atoms with Gasteiger partial charge in [-0.25, -0.2) is 4.39 Å². The highest BCUT2D eigenvalue weighted by atomic mass is 19.1. The van der Waals surface area contributed by atoms with E-state index in [4.69, 9.17) is 20.2 Å². The number of allylic oxidation sites excluding steroid dienone is 4. The van der Waals surface area contributed by atoms with E-state index in [1.807, 2.05) is 37.2 Å². The van der Waals surface area contributed by atoms with Gasteiger partial charge in [-0.3, -0.25) is 4.99 Å². The van der Waals surface area contributed by atoms with Crippen LogP contribution in [-0.2, 0) is 10.3 Å². The Kier molecular flexibility index (Phi) is 9.18. The van der Waals surface area contributed by atoms with Gasteiger partial charge in [-0.2, -0.15) is 0 Å². The second kappa shape index (κ2) is 13.7. The van der Waals surface area contributed by atoms with Crippen molar-refractivity contribution in [3.05, 3.63) is 119 Å². The topological polar surface area (TPSA) is 87.9 Å². The molecule has 7 nitrogen and oxygen atoms in total. The third-order valence-corrected chi connectivity index (χ3v) is 9.56. The fourth-order valence-corrected chi connectivity index (χ4v) is 6.93. The van der Waals surface area contributed by atoms with Crippen molar-refractivity contribution in [2.24, 2.45) is 10.7 Å². The van der Waals surface area contributed by atoms with Gasteiger partial charge in [0.25, 0.3) is 0 Å². The minimum absolute atomic E-state index is 0.168. The average Bonchev–Trinajstić information content (AvgIpc) is 3.61. The Bertz CT molecular complexity index is 1990. The summed E-state index contributed by atoms with van der Waals surface area (Å²) in [6, 6.07) is 19.8. The van der Waals surface area contributed by atoms with Gasteiger partial charge >= 0.3 is 0 Å². The Balaban J connectivity index is 1.23. The zero-order chi connectivity index (χ0) is 34.1. The predicted octanol–water partition coefficient (Wildman–Crippen LogP) is 7.67. The normalized spacial score (nSPS) is 17.4. The molecule has 8 heteroatoms. The fraction of sp³-hybridized carbons (Fsp3) is 0.341. The van der Waals surface area contributed by atoms with E-state index >= 15 is 0 Å². The molecule has 7 rings (SSSR count). The molecule has 1 saturated carbocycles. The number of hydrogen-bond donors (Lipinski definition) is 3. The number of benzene rings is 3. The van der Waals surface area contributed by atoms with Crippen molar-refractivity contribution in [2.45, 2.75) is 51.2 Å². The highest BCUT2D eigenvalue weighted by Gasteiger charge is 2.50. The third kappa shape index (κ3) is 7.07. The molecule has 1 aliphatic carbocycles. The molecule has 0 unspecified atom stereocenters. The fourth-order valence-electron chi connectivity index (χ4n) is 6.93. The maximum atomic E-state index is 14.9. The van der Waals surface area contributed by atoms with E-state index in [9.17, 15) is 4.39 Å². The molecule has 1 saturated heterocycles. The summed E-state index contributed by atoms with van der Waals surface area (Å²) in [5.41, 5.74) is 16.1. The van der Waals surface area contributed by atoms with Crippen LogP contribution >= 0.6 is 0 Å². The number of aliphatic imine (C=N–C) groups is 1. The number of nitrogens with zero attached hydrogens (tertiary/aromatic N) is 2. The molecule has 3 aromatic carbocycles. The first-order valence-electron chi connectivity index (χ1n) is 17.3. The lowest BCUT2D eigenvalue weighted by molar-refractivity contribution is 0.0960. The largest absolute Gasteiger partial charge is 0.492 e. The molecule has 0 amide bonds. The Morgan fingerprint density at radius 1 is 1.02 bits per heavy atom. The van der Waals surface area contributed by atoms with Crippen molar-refractivity contribution in [1.82, 2.24) is 15.2 Å². The van der Waals surface area contributed by atoms with Crippen molar-refractivity contribution >= 4 is 22.2 Å². The van der Waals surface area contributed by atoms with Crippen molar-refractivity contribution in [1.29, 1.82) is 0 Å². The van der Waals surface area contributed by atoms with Gasteiger partial charge < -0.3 is 30.4 Å². The number of nitrogens with two attached hydrogens (primary N) is 1. The smallest absolute Gasteiger partial charge is 0.127 e. The Morgan fingerprint density at radius 3 is 2.57 bits per heavy atom. The van der Waals surface area contributed by atoms with Crippen molar-refractivity contribution in [3.63, 3.8) is 0 Å². The Morgan fingerprint density at radius 2 is 1.84 bits per heavy atom. The Hall–Kier alpha value is -4.66. The zero-order valence-corrected chi connectivity index (χ0v) is 28.9. The third-order valence-electron chi connectivity index (χ3n) is 9.56. The van der Waals surface area contributed by atoms with E-state index in [0.29, 0.717) is 12.4 Å². The van der Waals surface area contributed by atoms with Gasteiger partial charge in [0.05, 0.1) is 16.9 Å². The van der Waals surface area contributed by atoms with Crippen LogP contribution in [0.25, 0.3) is 27.6 Å². The van der Waals surface area contributed by atoms with E-state index in [1.54, 1.807) is 12.3 Å². The SMILES string of the molecule is CC(C)=C/C(=C\C(=C/N)c1ccc2c(c1)C(c1cc3c(-c4cc(F)cc(OCCN(C)C)c4)cccc3[nH]1)=NC21CC1)OC1CCNCC1. The first kappa shape index (κ1) is 32.9. The van der Waals surface area contributed by atoms with Crippen LogP contribution in [0.2, 0.25) is 0 Å². The number of aromatic nitrogens is 1. The van der Waals surface area contributed by atoms with E-state index in [0.717, 1.165) is 101 Å². The number of piperidine rings is 1. The van der Waals surface area contributed by atoms with Gasteiger partial charge in [0.2, 0.25) is 0 Å². The number of fused-ring (bicyclic) bond motifs is 3. The quantitative estimate of drug-likeness (QED) is 0.114. The van der Waals surface area contributed by atoms with Crippen LogP contribution in [-0.4, -0.2) is 62.0 Å². The monoisotopic (exact) mass is 659 g/mol. The summed E-state index contributed by atoms with van der Waals surface area (Å²) in [4.78, 5) is 11.0. The molecule has 1 aromatic heterocycles. The standard InChI is InChI=1S/C41H46FN5O2/c1-26(2)18-33(49-31-10-14-44-15-11-31)21-29(25-43)27-8-9-37-36(22-27)40(46-41(37)12-13-41)39-24-35-34(6-5-7-38(35)45-39)28-19-30(42)23-32(20-28)48-17-16-47(3)4/h5-9,18-25,31,44-45H,10-17,43H2,1-4H3/b29-25+,33-21+. The number of nitrogens with one attached hydrogen (secondary N) is 2. The number of aromatic amines is 1. The predicted molar refractivity (Wildman–Crippen MR) is 197 cm³/mol. The molecule has 1 spiro atoms. The van der Waals surface area contributed by atoms with E-state index in [1.165, 1.54) is 17.2 Å². The number of halogens is 1. The molecule has 254 valence electrons. The lowest BCUT2D eigenvalue weighted by Gasteiger charge is -2.24. The molecule has 0 atom stereocenters. The molecule has 0 radical (unpaired) electrons. The summed E-state index contributed by atoms with van der Waals surface area (Å²) in [6.07, 6.45) is 10.0. The van der Waals surface area contributed by atoms with Crippen molar-refractivity contribution in [2.75, 3.05) is 40.3 Å². The van der Waals surface area contributed by atoms with Crippen LogP contribution in [0.5, 0.6) is 5.75 Å². The highest BCUT2D eigenvalue weighted by molar-refractivity contribution is 6.18. The molecule has 0 bridgehead atoms. The first-order valence-corrected chi connectivity index (χ1v) is 17.3. The van der Waals surface area contributed by atoms with Crippen LogP contribution in [0.4, 0.5) is 4.39 Å². The van der Waals surface area contributed by atoms with Gasteiger partial charge in [0.1, 0.15) is 30.0 Å². The highest BCUT2D eigenvalue weighted by Crippen LogP contribution is 2.55. The van der Waals surface area contributed by atoms with Crippen LogP contribution in [0.3, 0.4) is 0 Å². The summed E-state index contributed by atoms with van der Waals surface area (Å²) in [5, 5.41) is 4.42. The van der Waals surface area contributed by atoms with Gasteiger partial charge in [0, 0.05) is 40.9 Å². The maximum absolute atomic E-state index is 14.9. The van der Waals surface area contributed by atoms with Gasteiger partial charge in [-0.15, -0.1) is 0 Å². The second-order valence-electron chi connectivity index (χ2n) is 14.0. The minimum Gasteiger partial charge on any atom is -0.492 e. The zero-order valence-electron chi connectivity index (χ0n) is 28.9. The van der Waals surface area contributed by atoms with Crippen LogP contribution in [0.15, 0.2) is 95.3 Å². The molecule has 3 heterocycles. The number of H-pyrrole nitrogens is 1. The maximum Gasteiger partial charge on any atom is 0.127 e. The summed E-state index contributed by atoms with van der Waals surface area (Å²) < 4.78 is 27.3. The molecule has 3 aliphatic rings. The first-order chi connectivity index (χ1) is 23.7. The van der Waals surface area contributed by atoms with Crippen molar-refractivity contribution in [3.8, 4) is 16.9 Å². The lowest BCUT2D eigenvalue weighted by atomic mass is 9.93. The van der Waals surface area contributed by atoms with E-state index < -0.39 is 0 Å². The van der Waals surface area contributed by atoms with Gasteiger partial charge in [0.15, 0.2) is 0 Å². The van der Waals surface area contributed by atoms with E-state index in [-0.39, 0.29) is 17.5 Å². The molecule has 2 fully saturated rings. The van der Waals surface area contributed by atoms with E-state index in [2.05, 4.69) is 66.6 Å².